The molecule has 0 radical (unpaired) electrons. The maximum atomic E-state index is 6.18. The van der Waals surface area contributed by atoms with Gasteiger partial charge < -0.3 is 14.8 Å². The molecule has 0 spiro atoms. The number of ether oxygens (including phenoxy) is 2. The molecule has 2 aromatic rings. The van der Waals surface area contributed by atoms with Crippen LogP contribution in [0.15, 0.2) is 34.8 Å². The third kappa shape index (κ3) is 5.28. The summed E-state index contributed by atoms with van der Waals surface area (Å²) in [6, 6.07) is 9.61. The molecular weight excluding hydrogens is 413 g/mol. The molecule has 0 bridgehead atoms. The van der Waals surface area contributed by atoms with Gasteiger partial charge in [0.1, 0.15) is 0 Å². The van der Waals surface area contributed by atoms with Crippen LogP contribution in [0.25, 0.3) is 0 Å². The Morgan fingerprint density at radius 2 is 1.96 bits per heavy atom. The van der Waals surface area contributed by atoms with Crippen molar-refractivity contribution in [3.8, 4) is 11.5 Å². The van der Waals surface area contributed by atoms with Gasteiger partial charge >= 0.3 is 0 Å². The lowest BCUT2D eigenvalue weighted by atomic mass is 10.1. The molecule has 0 fully saturated rings. The van der Waals surface area contributed by atoms with E-state index in [-0.39, 0.29) is 0 Å². The molecule has 6 heteroatoms. The number of nitrogens with one attached hydrogen (secondary N) is 1. The number of hydrogen-bond acceptors (Lipinski definition) is 3. The van der Waals surface area contributed by atoms with Crippen LogP contribution in [0.3, 0.4) is 0 Å². The van der Waals surface area contributed by atoms with Gasteiger partial charge in [-0.3, -0.25) is 0 Å². The summed E-state index contributed by atoms with van der Waals surface area (Å²) in [6.45, 7) is 4.08. The molecule has 0 atom stereocenters. The first kappa shape index (κ1) is 19.4. The number of rotatable bonds is 8. The van der Waals surface area contributed by atoms with E-state index in [0.717, 1.165) is 46.6 Å². The van der Waals surface area contributed by atoms with Crippen molar-refractivity contribution in [1.29, 1.82) is 0 Å². The largest absolute Gasteiger partial charge is 0.493 e. The molecule has 2 aromatic carbocycles. The molecule has 24 heavy (non-hydrogen) atoms. The number of methoxy groups -OCH3 is 1. The van der Waals surface area contributed by atoms with Crippen LogP contribution in [-0.2, 0) is 13.0 Å². The van der Waals surface area contributed by atoms with Gasteiger partial charge in [0, 0.05) is 16.6 Å². The predicted octanol–water partition coefficient (Wildman–Crippen LogP) is 5.50. The van der Waals surface area contributed by atoms with E-state index in [9.17, 15) is 0 Å². The average molecular weight is 433 g/mol. The lowest BCUT2D eigenvalue weighted by molar-refractivity contribution is 0.308. The smallest absolute Gasteiger partial charge is 0.175 e. The summed E-state index contributed by atoms with van der Waals surface area (Å²) in [4.78, 5) is 0. The Hall–Kier alpha value is -0.940. The summed E-state index contributed by atoms with van der Waals surface area (Å²) in [5.41, 5.74) is 2.20. The quantitative estimate of drug-likeness (QED) is 0.559. The zero-order chi connectivity index (χ0) is 17.5. The molecule has 0 aliphatic rings. The van der Waals surface area contributed by atoms with Crippen LogP contribution in [0.5, 0.6) is 11.5 Å². The fourth-order valence-electron chi connectivity index (χ4n) is 2.34. The minimum atomic E-state index is 0.592. The van der Waals surface area contributed by atoms with Crippen LogP contribution in [0.4, 0.5) is 0 Å². The van der Waals surface area contributed by atoms with Crippen LogP contribution in [0.2, 0.25) is 10.0 Å². The van der Waals surface area contributed by atoms with E-state index in [0.29, 0.717) is 16.7 Å². The van der Waals surface area contributed by atoms with Crippen molar-refractivity contribution in [3.63, 3.8) is 0 Å². The monoisotopic (exact) mass is 431 g/mol. The second-order valence-corrected chi connectivity index (χ2v) is 6.90. The van der Waals surface area contributed by atoms with E-state index in [1.807, 2.05) is 31.2 Å². The highest BCUT2D eigenvalue weighted by Crippen LogP contribution is 2.36. The number of halogens is 3. The van der Waals surface area contributed by atoms with Gasteiger partial charge in [-0.15, -0.1) is 0 Å². The van der Waals surface area contributed by atoms with E-state index in [1.165, 1.54) is 0 Å². The van der Waals surface area contributed by atoms with Crippen LogP contribution in [0, 0.1) is 0 Å². The van der Waals surface area contributed by atoms with E-state index in [2.05, 4.69) is 21.2 Å². The van der Waals surface area contributed by atoms with Crippen molar-refractivity contribution in [2.24, 2.45) is 0 Å². The Labute approximate surface area is 161 Å². The summed E-state index contributed by atoms with van der Waals surface area (Å²) in [5.74, 6) is 1.46. The lowest BCUT2D eigenvalue weighted by Crippen LogP contribution is -2.17. The molecule has 0 aromatic heterocycles. The fraction of sp³-hybridized carbons (Fsp3) is 0.333. The van der Waals surface area contributed by atoms with Crippen LogP contribution < -0.4 is 14.8 Å². The first-order chi connectivity index (χ1) is 11.5. The van der Waals surface area contributed by atoms with Crippen molar-refractivity contribution in [2.45, 2.75) is 19.9 Å². The van der Waals surface area contributed by atoms with Crippen LogP contribution in [0.1, 0.15) is 18.1 Å². The van der Waals surface area contributed by atoms with Crippen molar-refractivity contribution in [3.05, 3.63) is 56.0 Å². The highest BCUT2D eigenvalue weighted by Gasteiger charge is 2.11. The summed E-state index contributed by atoms with van der Waals surface area (Å²) in [5, 5.41) is 4.77. The minimum Gasteiger partial charge on any atom is -0.493 e. The van der Waals surface area contributed by atoms with Gasteiger partial charge in [-0.1, -0.05) is 29.3 Å². The van der Waals surface area contributed by atoms with Crippen molar-refractivity contribution >= 4 is 39.1 Å². The highest BCUT2D eigenvalue weighted by molar-refractivity contribution is 9.10. The van der Waals surface area contributed by atoms with E-state index < -0.39 is 0 Å². The zero-order valence-electron chi connectivity index (χ0n) is 13.7. The van der Waals surface area contributed by atoms with E-state index in [1.54, 1.807) is 13.2 Å². The van der Waals surface area contributed by atoms with Gasteiger partial charge in [0.05, 0.1) is 18.2 Å². The van der Waals surface area contributed by atoms with E-state index in [4.69, 9.17) is 32.7 Å². The van der Waals surface area contributed by atoms with Gasteiger partial charge in [-0.2, -0.15) is 0 Å². The summed E-state index contributed by atoms with van der Waals surface area (Å²) < 4.78 is 11.9. The normalized spacial score (nSPS) is 10.7. The molecule has 0 unspecified atom stereocenters. The van der Waals surface area contributed by atoms with Gasteiger partial charge in [0.2, 0.25) is 0 Å². The van der Waals surface area contributed by atoms with Crippen molar-refractivity contribution < 1.29 is 9.47 Å². The molecule has 130 valence electrons. The first-order valence-corrected chi connectivity index (χ1v) is 9.24. The summed E-state index contributed by atoms with van der Waals surface area (Å²) in [7, 11) is 1.64. The third-order valence-electron chi connectivity index (χ3n) is 3.49. The molecular formula is C18H20BrCl2NO2. The first-order valence-electron chi connectivity index (χ1n) is 7.69. The Bertz CT molecular complexity index is 695. The Morgan fingerprint density at radius 1 is 1.17 bits per heavy atom. The maximum Gasteiger partial charge on any atom is 0.175 e. The summed E-state index contributed by atoms with van der Waals surface area (Å²) >= 11 is 15.6. The number of hydrogen-bond donors (Lipinski definition) is 1. The van der Waals surface area contributed by atoms with Crippen molar-refractivity contribution in [1.82, 2.24) is 5.32 Å². The molecule has 3 nitrogen and oxygen atoms in total. The second kappa shape index (κ2) is 9.52. The Kier molecular flexibility index (Phi) is 7.69. The molecule has 0 aliphatic carbocycles. The Morgan fingerprint density at radius 3 is 2.62 bits per heavy atom. The topological polar surface area (TPSA) is 30.5 Å². The zero-order valence-corrected chi connectivity index (χ0v) is 16.8. The number of benzene rings is 2. The Balaban J connectivity index is 1.93. The van der Waals surface area contributed by atoms with Gasteiger partial charge in [-0.05, 0) is 71.2 Å². The lowest BCUT2D eigenvalue weighted by Gasteiger charge is -2.14. The second-order valence-electron chi connectivity index (χ2n) is 5.20. The molecule has 0 saturated carbocycles. The van der Waals surface area contributed by atoms with Crippen LogP contribution in [-0.4, -0.2) is 20.3 Å². The maximum absolute atomic E-state index is 6.18. The molecule has 0 aliphatic heterocycles. The van der Waals surface area contributed by atoms with Crippen molar-refractivity contribution in [2.75, 3.05) is 20.3 Å². The molecule has 1 N–H and O–H groups in total. The molecule has 0 saturated heterocycles. The standard InChI is InChI=1S/C18H20BrCl2NO2/c1-3-24-18-15(19)8-12(9-17(18)23-2)11-22-7-6-13-4-5-14(20)10-16(13)21/h4-5,8-10,22H,3,6-7,11H2,1-2H3. The molecule has 0 heterocycles. The molecule has 2 rings (SSSR count). The third-order valence-corrected chi connectivity index (χ3v) is 4.67. The average Bonchev–Trinajstić information content (AvgIpc) is 2.55. The SMILES string of the molecule is CCOc1c(Br)cc(CNCCc2ccc(Cl)cc2Cl)cc1OC. The van der Waals surface area contributed by atoms with E-state index >= 15 is 0 Å². The van der Waals surface area contributed by atoms with Gasteiger partial charge in [0.15, 0.2) is 11.5 Å². The van der Waals surface area contributed by atoms with Gasteiger partial charge in [0.25, 0.3) is 0 Å². The summed E-state index contributed by atoms with van der Waals surface area (Å²) in [6.07, 6.45) is 0.839. The van der Waals surface area contributed by atoms with Gasteiger partial charge in [-0.25, -0.2) is 0 Å². The predicted molar refractivity (Wildman–Crippen MR) is 104 cm³/mol. The van der Waals surface area contributed by atoms with Crippen LogP contribution >= 0.6 is 39.1 Å². The molecule has 0 amide bonds. The minimum absolute atomic E-state index is 0.592. The highest BCUT2D eigenvalue weighted by atomic mass is 79.9. The fourth-order valence-corrected chi connectivity index (χ4v) is 3.45.